The van der Waals surface area contributed by atoms with Crippen LogP contribution in [0, 0.1) is 5.82 Å². The highest BCUT2D eigenvalue weighted by atomic mass is 19.1. The maximum atomic E-state index is 12.8. The van der Waals surface area contributed by atoms with E-state index in [4.69, 9.17) is 0 Å². The molecule has 1 aliphatic rings. The average Bonchev–Trinajstić information content (AvgIpc) is 2.40. The van der Waals surface area contributed by atoms with Crippen LogP contribution in [-0.2, 0) is 0 Å². The van der Waals surface area contributed by atoms with Crippen molar-refractivity contribution >= 4 is 5.91 Å². The highest BCUT2D eigenvalue weighted by Crippen LogP contribution is 2.28. The number of amides is 1. The van der Waals surface area contributed by atoms with E-state index in [1.807, 2.05) is 0 Å². The van der Waals surface area contributed by atoms with E-state index in [0.717, 1.165) is 32.1 Å². The summed E-state index contributed by atoms with van der Waals surface area (Å²) >= 11 is 0. The highest BCUT2D eigenvalue weighted by molar-refractivity contribution is 5.94. The zero-order valence-corrected chi connectivity index (χ0v) is 10.3. The minimum atomic E-state index is -0.496. The van der Waals surface area contributed by atoms with Crippen LogP contribution in [0.3, 0.4) is 0 Å². The van der Waals surface area contributed by atoms with E-state index in [1.54, 1.807) is 0 Å². The number of hydrogen-bond donors (Lipinski definition) is 2. The molecule has 2 N–H and O–H groups in total. The van der Waals surface area contributed by atoms with Gasteiger partial charge in [-0.1, -0.05) is 19.3 Å². The van der Waals surface area contributed by atoms with Gasteiger partial charge < -0.3 is 10.4 Å². The van der Waals surface area contributed by atoms with Crippen LogP contribution in [0.4, 0.5) is 4.39 Å². The molecule has 0 atom stereocenters. The minimum absolute atomic E-state index is 0.0417. The molecule has 1 fully saturated rings. The molecule has 1 aromatic carbocycles. The number of benzene rings is 1. The summed E-state index contributed by atoms with van der Waals surface area (Å²) in [6.07, 6.45) is 4.79. The van der Waals surface area contributed by atoms with Gasteiger partial charge in [-0.15, -0.1) is 0 Å². The normalized spacial score (nSPS) is 18.3. The molecule has 0 unspecified atom stereocenters. The van der Waals surface area contributed by atoms with Gasteiger partial charge >= 0.3 is 0 Å². The number of nitrogens with one attached hydrogen (secondary N) is 1. The Hall–Kier alpha value is -1.42. The van der Waals surface area contributed by atoms with Gasteiger partial charge in [0.1, 0.15) is 5.82 Å². The van der Waals surface area contributed by atoms with Crippen molar-refractivity contribution < 1.29 is 14.3 Å². The van der Waals surface area contributed by atoms with Crippen molar-refractivity contribution in [1.82, 2.24) is 5.32 Å². The Morgan fingerprint density at radius 1 is 1.22 bits per heavy atom. The quantitative estimate of drug-likeness (QED) is 0.865. The molecule has 18 heavy (non-hydrogen) atoms. The number of carbonyl (C=O) groups is 1. The van der Waals surface area contributed by atoms with E-state index in [9.17, 15) is 14.3 Å². The van der Waals surface area contributed by atoms with Crippen LogP contribution in [0.2, 0.25) is 0 Å². The third-order valence-corrected chi connectivity index (χ3v) is 3.60. The van der Waals surface area contributed by atoms with Crippen molar-refractivity contribution in [3.8, 4) is 0 Å². The molecular formula is C14H18FNO2. The lowest BCUT2D eigenvalue weighted by atomic mass is 9.82. The fraction of sp³-hybridized carbons (Fsp3) is 0.500. The van der Waals surface area contributed by atoms with E-state index < -0.39 is 5.54 Å². The van der Waals surface area contributed by atoms with E-state index >= 15 is 0 Å². The molecule has 98 valence electrons. The highest BCUT2D eigenvalue weighted by Gasteiger charge is 2.33. The summed E-state index contributed by atoms with van der Waals surface area (Å²) in [6, 6.07) is 5.44. The molecule has 1 saturated carbocycles. The van der Waals surface area contributed by atoms with Crippen molar-refractivity contribution in [2.45, 2.75) is 37.6 Å². The zero-order chi connectivity index (χ0) is 13.0. The van der Waals surface area contributed by atoms with Gasteiger partial charge in [0, 0.05) is 5.56 Å². The standard InChI is InChI=1S/C14H18FNO2/c15-12-6-4-11(5-7-12)13(18)16-14(10-17)8-2-1-3-9-14/h4-7,17H,1-3,8-10H2,(H,16,18). The number of halogens is 1. The summed E-state index contributed by atoms with van der Waals surface area (Å²) < 4.78 is 12.8. The summed E-state index contributed by atoms with van der Waals surface area (Å²) in [7, 11) is 0. The first-order valence-electron chi connectivity index (χ1n) is 6.34. The number of aliphatic hydroxyl groups excluding tert-OH is 1. The second-order valence-electron chi connectivity index (χ2n) is 4.96. The molecule has 0 radical (unpaired) electrons. The third kappa shape index (κ3) is 2.88. The van der Waals surface area contributed by atoms with Gasteiger partial charge in [-0.2, -0.15) is 0 Å². The molecule has 1 amide bonds. The first kappa shape index (κ1) is 13.0. The first-order valence-corrected chi connectivity index (χ1v) is 6.34. The van der Waals surface area contributed by atoms with Crippen LogP contribution in [0.1, 0.15) is 42.5 Å². The van der Waals surface area contributed by atoms with Gasteiger partial charge in [0.2, 0.25) is 0 Å². The number of hydrogen-bond acceptors (Lipinski definition) is 2. The van der Waals surface area contributed by atoms with Crippen LogP contribution in [0.5, 0.6) is 0 Å². The van der Waals surface area contributed by atoms with Crippen LogP contribution >= 0.6 is 0 Å². The summed E-state index contributed by atoms with van der Waals surface area (Å²) in [4.78, 5) is 12.0. The number of aliphatic hydroxyl groups is 1. The third-order valence-electron chi connectivity index (χ3n) is 3.60. The topological polar surface area (TPSA) is 49.3 Å². The summed E-state index contributed by atoms with van der Waals surface area (Å²) in [5.41, 5.74) is -0.0706. The maximum absolute atomic E-state index is 12.8. The Bertz CT molecular complexity index is 410. The molecule has 0 spiro atoms. The Morgan fingerprint density at radius 2 is 1.83 bits per heavy atom. The Labute approximate surface area is 106 Å². The largest absolute Gasteiger partial charge is 0.394 e. The first-order chi connectivity index (χ1) is 8.65. The van der Waals surface area contributed by atoms with Crippen LogP contribution in [-0.4, -0.2) is 23.2 Å². The Balaban J connectivity index is 2.07. The molecule has 0 aromatic heterocycles. The number of rotatable bonds is 3. The van der Waals surface area contributed by atoms with Crippen molar-refractivity contribution in [2.75, 3.05) is 6.61 Å². The SMILES string of the molecule is O=C(NC1(CO)CCCCC1)c1ccc(F)cc1. The summed E-state index contributed by atoms with van der Waals surface area (Å²) in [5.74, 6) is -0.605. The van der Waals surface area contributed by atoms with E-state index in [1.165, 1.54) is 24.3 Å². The van der Waals surface area contributed by atoms with Gasteiger partial charge in [0.05, 0.1) is 12.1 Å². The summed E-state index contributed by atoms with van der Waals surface area (Å²) in [5, 5.41) is 12.4. The maximum Gasteiger partial charge on any atom is 0.251 e. The Morgan fingerprint density at radius 3 is 2.39 bits per heavy atom. The van der Waals surface area contributed by atoms with Gasteiger partial charge in [0.15, 0.2) is 0 Å². The molecule has 0 aliphatic heterocycles. The second kappa shape index (κ2) is 5.48. The smallest absolute Gasteiger partial charge is 0.251 e. The van der Waals surface area contributed by atoms with E-state index in [2.05, 4.69) is 5.32 Å². The predicted molar refractivity (Wildman–Crippen MR) is 66.8 cm³/mol. The van der Waals surface area contributed by atoms with Gasteiger partial charge in [-0.25, -0.2) is 4.39 Å². The predicted octanol–water partition coefficient (Wildman–Crippen LogP) is 2.25. The lowest BCUT2D eigenvalue weighted by molar-refractivity contribution is 0.0758. The molecule has 2 rings (SSSR count). The van der Waals surface area contributed by atoms with Gasteiger partial charge in [-0.05, 0) is 37.1 Å². The molecule has 0 bridgehead atoms. The fourth-order valence-electron chi connectivity index (χ4n) is 2.47. The van der Waals surface area contributed by atoms with Crippen LogP contribution in [0.15, 0.2) is 24.3 Å². The van der Waals surface area contributed by atoms with Gasteiger partial charge in [0.25, 0.3) is 5.91 Å². The molecule has 3 nitrogen and oxygen atoms in total. The minimum Gasteiger partial charge on any atom is -0.394 e. The lowest BCUT2D eigenvalue weighted by Crippen LogP contribution is -2.52. The fourth-order valence-corrected chi connectivity index (χ4v) is 2.47. The zero-order valence-electron chi connectivity index (χ0n) is 10.3. The van der Waals surface area contributed by atoms with E-state index in [0.29, 0.717) is 5.56 Å². The molecule has 4 heteroatoms. The summed E-state index contributed by atoms with van der Waals surface area (Å²) in [6.45, 7) is -0.0417. The molecule has 0 heterocycles. The molecule has 0 saturated heterocycles. The van der Waals surface area contributed by atoms with Gasteiger partial charge in [-0.3, -0.25) is 4.79 Å². The van der Waals surface area contributed by atoms with Crippen molar-refractivity contribution in [3.05, 3.63) is 35.6 Å². The monoisotopic (exact) mass is 251 g/mol. The lowest BCUT2D eigenvalue weighted by Gasteiger charge is -2.36. The molecule has 1 aliphatic carbocycles. The molecular weight excluding hydrogens is 233 g/mol. The average molecular weight is 251 g/mol. The van der Waals surface area contributed by atoms with Crippen molar-refractivity contribution in [2.24, 2.45) is 0 Å². The molecule has 1 aromatic rings. The van der Waals surface area contributed by atoms with E-state index in [-0.39, 0.29) is 18.3 Å². The van der Waals surface area contributed by atoms with Crippen molar-refractivity contribution in [1.29, 1.82) is 0 Å². The van der Waals surface area contributed by atoms with Crippen LogP contribution in [0.25, 0.3) is 0 Å². The van der Waals surface area contributed by atoms with Crippen LogP contribution < -0.4 is 5.32 Å². The Kier molecular flexibility index (Phi) is 3.97. The second-order valence-corrected chi connectivity index (χ2v) is 4.96. The number of carbonyl (C=O) groups excluding carboxylic acids is 1. The van der Waals surface area contributed by atoms with Crippen molar-refractivity contribution in [3.63, 3.8) is 0 Å².